The van der Waals surface area contributed by atoms with Crippen LogP contribution in [0.2, 0.25) is 5.02 Å². The number of benzene rings is 1. The van der Waals surface area contributed by atoms with Crippen molar-refractivity contribution in [3.63, 3.8) is 0 Å². The van der Waals surface area contributed by atoms with Gasteiger partial charge in [0.25, 0.3) is 5.56 Å². The first-order chi connectivity index (χ1) is 7.43. The molecule has 1 aromatic heterocycles. The van der Waals surface area contributed by atoms with Crippen LogP contribution in [0.1, 0.15) is 0 Å². The first kappa shape index (κ1) is 11.3. The summed E-state index contributed by atoms with van der Waals surface area (Å²) in [5.41, 5.74) is -1.51. The van der Waals surface area contributed by atoms with Gasteiger partial charge in [0.1, 0.15) is 0 Å². The van der Waals surface area contributed by atoms with Crippen molar-refractivity contribution in [3.05, 3.63) is 42.2 Å². The summed E-state index contributed by atoms with van der Waals surface area (Å²) in [6, 6.07) is 1.28. The Morgan fingerprint density at radius 1 is 1.50 bits per heavy atom. The monoisotopic (exact) mass is 306 g/mol. The zero-order valence-electron chi connectivity index (χ0n) is 7.97. The second kappa shape index (κ2) is 3.71. The first-order valence-corrected chi connectivity index (χ1v) is 5.37. The van der Waals surface area contributed by atoms with Gasteiger partial charge < -0.3 is 4.98 Å². The molecule has 0 aliphatic heterocycles. The molecule has 1 heterocycles. The highest BCUT2D eigenvalue weighted by atomic mass is 79.9. The molecule has 7 heteroatoms. The number of hydrogen-bond donors (Lipinski definition) is 1. The number of rotatable bonds is 0. The minimum atomic E-state index is -0.714. The molecule has 2 aromatic rings. The summed E-state index contributed by atoms with van der Waals surface area (Å²) in [4.78, 5) is 25.3. The van der Waals surface area contributed by atoms with E-state index in [1.807, 2.05) is 0 Å². The summed E-state index contributed by atoms with van der Waals surface area (Å²) in [6.45, 7) is 0. The predicted octanol–water partition coefficient (Wildman–Crippen LogP) is 1.78. The number of hydrogen-bond acceptors (Lipinski definition) is 2. The van der Waals surface area contributed by atoms with Crippen molar-refractivity contribution in [1.29, 1.82) is 0 Å². The number of halogens is 3. The highest BCUT2D eigenvalue weighted by Gasteiger charge is 2.15. The largest absolute Gasteiger partial charge is 0.328 e. The highest BCUT2D eigenvalue weighted by Crippen LogP contribution is 2.27. The van der Waals surface area contributed by atoms with Crippen LogP contribution < -0.4 is 11.2 Å². The fourth-order valence-corrected chi connectivity index (χ4v) is 2.22. The molecule has 1 N–H and O–H groups in total. The molecule has 0 amide bonds. The van der Waals surface area contributed by atoms with E-state index < -0.39 is 17.1 Å². The molecule has 0 bridgehead atoms. The predicted molar refractivity (Wildman–Crippen MR) is 62.5 cm³/mol. The summed E-state index contributed by atoms with van der Waals surface area (Å²) in [5.74, 6) is -0.714. The minimum Gasteiger partial charge on any atom is -0.304 e. The summed E-state index contributed by atoms with van der Waals surface area (Å²) >= 11 is 8.78. The number of fused-ring (bicyclic) bond motifs is 1. The first-order valence-electron chi connectivity index (χ1n) is 4.20. The average molecular weight is 308 g/mol. The van der Waals surface area contributed by atoms with Gasteiger partial charge >= 0.3 is 5.69 Å². The average Bonchev–Trinajstić information content (AvgIpc) is 2.22. The number of nitrogens with zero attached hydrogens (tertiary/aromatic N) is 1. The normalized spacial score (nSPS) is 11.0. The van der Waals surface area contributed by atoms with Crippen LogP contribution in [0.25, 0.3) is 10.9 Å². The van der Waals surface area contributed by atoms with Gasteiger partial charge in [-0.1, -0.05) is 11.6 Å². The number of H-pyrrole nitrogens is 1. The molecule has 0 fully saturated rings. The van der Waals surface area contributed by atoms with E-state index >= 15 is 0 Å². The Kier molecular flexibility index (Phi) is 2.63. The Morgan fingerprint density at radius 3 is 2.75 bits per heavy atom. The standard InChI is InChI=1S/C9H5BrClFN2O2/c1-14-8(15)5-4(11)2-3(10)6(12)7(5)13-9(14)16/h2H,1H3,(H,13,16). The highest BCUT2D eigenvalue weighted by molar-refractivity contribution is 9.10. The molecule has 0 unspecified atom stereocenters. The Hall–Kier alpha value is -1.14. The van der Waals surface area contributed by atoms with Gasteiger partial charge in [-0.2, -0.15) is 0 Å². The molecule has 0 aliphatic carbocycles. The minimum absolute atomic E-state index is 0.0375. The number of aromatic amines is 1. The van der Waals surface area contributed by atoms with E-state index in [2.05, 4.69) is 20.9 Å². The van der Waals surface area contributed by atoms with E-state index in [1.165, 1.54) is 13.1 Å². The van der Waals surface area contributed by atoms with E-state index in [0.717, 1.165) is 4.57 Å². The molecule has 16 heavy (non-hydrogen) atoms. The fraction of sp³-hybridized carbons (Fsp3) is 0.111. The summed E-state index contributed by atoms with van der Waals surface area (Å²) in [5, 5.41) is 0.0459. The maximum absolute atomic E-state index is 13.6. The molecule has 0 spiro atoms. The van der Waals surface area contributed by atoms with Crippen molar-refractivity contribution >= 4 is 38.4 Å². The maximum Gasteiger partial charge on any atom is 0.328 e. The second-order valence-electron chi connectivity index (χ2n) is 3.20. The molecule has 2 rings (SSSR count). The molecule has 1 aromatic carbocycles. The van der Waals surface area contributed by atoms with Crippen LogP contribution in [-0.4, -0.2) is 9.55 Å². The van der Waals surface area contributed by atoms with Crippen molar-refractivity contribution in [2.24, 2.45) is 7.05 Å². The quantitative estimate of drug-likeness (QED) is 0.754. The Morgan fingerprint density at radius 2 is 2.12 bits per heavy atom. The maximum atomic E-state index is 13.6. The Bertz CT molecular complexity index is 707. The van der Waals surface area contributed by atoms with Crippen LogP contribution in [0.5, 0.6) is 0 Å². The van der Waals surface area contributed by atoms with Crippen LogP contribution in [-0.2, 0) is 7.05 Å². The Labute approximate surface area is 102 Å². The molecule has 4 nitrogen and oxygen atoms in total. The van der Waals surface area contributed by atoms with Crippen molar-refractivity contribution in [2.75, 3.05) is 0 Å². The van der Waals surface area contributed by atoms with Gasteiger partial charge in [0.05, 0.1) is 20.4 Å². The lowest BCUT2D eigenvalue weighted by Gasteiger charge is -2.05. The van der Waals surface area contributed by atoms with Crippen LogP contribution >= 0.6 is 27.5 Å². The lowest BCUT2D eigenvalue weighted by molar-refractivity contribution is 0.627. The van der Waals surface area contributed by atoms with Crippen LogP contribution in [0.4, 0.5) is 4.39 Å². The summed E-state index contributed by atoms with van der Waals surface area (Å²) < 4.78 is 14.6. The van der Waals surface area contributed by atoms with Crippen molar-refractivity contribution in [3.8, 4) is 0 Å². The van der Waals surface area contributed by atoms with Crippen LogP contribution in [0.15, 0.2) is 20.1 Å². The summed E-state index contributed by atoms with van der Waals surface area (Å²) in [7, 11) is 1.29. The third kappa shape index (κ3) is 1.49. The van der Waals surface area contributed by atoms with Gasteiger partial charge in [0, 0.05) is 7.05 Å². The molecule has 0 radical (unpaired) electrons. The van der Waals surface area contributed by atoms with Crippen LogP contribution in [0.3, 0.4) is 0 Å². The third-order valence-corrected chi connectivity index (χ3v) is 3.10. The molecule has 84 valence electrons. The van der Waals surface area contributed by atoms with Gasteiger partial charge in [-0.05, 0) is 22.0 Å². The van der Waals surface area contributed by atoms with E-state index in [1.54, 1.807) is 0 Å². The SMILES string of the molecule is Cn1c(=O)[nH]c2c(F)c(Br)cc(Cl)c2c1=O. The number of nitrogens with one attached hydrogen (secondary N) is 1. The van der Waals surface area contributed by atoms with Crippen LogP contribution in [0, 0.1) is 5.82 Å². The summed E-state index contributed by atoms with van der Waals surface area (Å²) in [6.07, 6.45) is 0. The third-order valence-electron chi connectivity index (χ3n) is 2.23. The van der Waals surface area contributed by atoms with Gasteiger partial charge in [0.15, 0.2) is 5.82 Å². The molecule has 0 aliphatic rings. The van der Waals surface area contributed by atoms with Gasteiger partial charge in [0.2, 0.25) is 0 Å². The molecule has 0 saturated carbocycles. The fourth-order valence-electron chi connectivity index (χ4n) is 1.37. The number of aromatic nitrogens is 2. The van der Waals surface area contributed by atoms with E-state index in [9.17, 15) is 14.0 Å². The Balaban J connectivity index is 3.20. The van der Waals surface area contributed by atoms with Gasteiger partial charge in [-0.15, -0.1) is 0 Å². The molecular formula is C9H5BrClFN2O2. The molecule has 0 saturated heterocycles. The van der Waals surface area contributed by atoms with E-state index in [4.69, 9.17) is 11.6 Å². The zero-order valence-corrected chi connectivity index (χ0v) is 10.3. The van der Waals surface area contributed by atoms with Crippen molar-refractivity contribution < 1.29 is 4.39 Å². The van der Waals surface area contributed by atoms with Gasteiger partial charge in [-0.3, -0.25) is 9.36 Å². The van der Waals surface area contributed by atoms with E-state index in [0.29, 0.717) is 0 Å². The lowest BCUT2D eigenvalue weighted by atomic mass is 10.2. The molecular weight excluding hydrogens is 302 g/mol. The van der Waals surface area contributed by atoms with Crippen molar-refractivity contribution in [2.45, 2.75) is 0 Å². The second-order valence-corrected chi connectivity index (χ2v) is 4.46. The van der Waals surface area contributed by atoms with Gasteiger partial charge in [-0.25, -0.2) is 9.18 Å². The van der Waals surface area contributed by atoms with Crippen molar-refractivity contribution in [1.82, 2.24) is 9.55 Å². The van der Waals surface area contributed by atoms with E-state index in [-0.39, 0.29) is 20.4 Å². The smallest absolute Gasteiger partial charge is 0.304 e. The lowest BCUT2D eigenvalue weighted by Crippen LogP contribution is -2.32. The molecule has 0 atom stereocenters. The topological polar surface area (TPSA) is 54.9 Å². The zero-order chi connectivity index (χ0) is 12.0.